The number of nitro benzene ring substituents is 1. The highest BCUT2D eigenvalue weighted by atomic mass is 32.2. The van der Waals surface area contributed by atoms with Crippen LogP contribution in [0.5, 0.6) is 0 Å². The van der Waals surface area contributed by atoms with Crippen molar-refractivity contribution >= 4 is 27.3 Å². The number of carbonyl (C=O) groups is 1. The Kier molecular flexibility index (Phi) is 6.91. The number of rotatable bonds is 9. The second-order valence-corrected chi connectivity index (χ2v) is 8.79. The van der Waals surface area contributed by atoms with E-state index in [1.807, 2.05) is 19.0 Å². The molecule has 0 aliphatic carbocycles. The third-order valence-corrected chi connectivity index (χ3v) is 6.07. The van der Waals surface area contributed by atoms with Gasteiger partial charge in [-0.3, -0.25) is 24.5 Å². The quantitative estimate of drug-likeness (QED) is 0.372. The number of non-ortho nitro benzene ring substituents is 1. The molecule has 0 aliphatic rings. The molecule has 1 unspecified atom stereocenters. The molecule has 0 aliphatic heterocycles. The van der Waals surface area contributed by atoms with Gasteiger partial charge < -0.3 is 9.73 Å². The van der Waals surface area contributed by atoms with Crippen LogP contribution in [0.15, 0.2) is 76.2 Å². The fourth-order valence-electron chi connectivity index (χ4n) is 3.04. The molecule has 0 radical (unpaired) electrons. The van der Waals surface area contributed by atoms with Crippen LogP contribution in [0, 0.1) is 10.1 Å². The van der Waals surface area contributed by atoms with Gasteiger partial charge in [-0.1, -0.05) is 18.2 Å². The van der Waals surface area contributed by atoms with Gasteiger partial charge in [0.2, 0.25) is 0 Å². The number of hydrogen-bond acceptors (Lipinski definition) is 7. The molecule has 0 bridgehead atoms. The van der Waals surface area contributed by atoms with Crippen molar-refractivity contribution in [3.05, 3.63) is 88.4 Å². The van der Waals surface area contributed by atoms with Crippen LogP contribution in [0.25, 0.3) is 0 Å². The average molecular weight is 458 g/mol. The number of amides is 1. The molecule has 0 saturated heterocycles. The number of hydrogen-bond donors (Lipinski definition) is 2. The fraction of sp³-hybridized carbons (Fsp3) is 0.190. The van der Waals surface area contributed by atoms with E-state index >= 15 is 0 Å². The number of nitrogens with one attached hydrogen (secondary N) is 2. The van der Waals surface area contributed by atoms with Crippen LogP contribution < -0.4 is 10.0 Å². The zero-order chi connectivity index (χ0) is 23.3. The Balaban J connectivity index is 1.80. The first-order valence-electron chi connectivity index (χ1n) is 9.53. The van der Waals surface area contributed by atoms with E-state index in [1.165, 1.54) is 30.3 Å². The Morgan fingerprint density at radius 1 is 1.12 bits per heavy atom. The summed E-state index contributed by atoms with van der Waals surface area (Å²) in [5.74, 6) is 0.190. The van der Waals surface area contributed by atoms with Crippen LogP contribution in [0.1, 0.15) is 22.2 Å². The maximum Gasteiger partial charge on any atom is 0.270 e. The Bertz CT molecular complexity index is 1210. The lowest BCUT2D eigenvalue weighted by Gasteiger charge is -2.23. The summed E-state index contributed by atoms with van der Waals surface area (Å²) in [5, 5.41) is 13.8. The molecule has 1 amide bonds. The van der Waals surface area contributed by atoms with E-state index in [9.17, 15) is 23.3 Å². The van der Waals surface area contributed by atoms with Gasteiger partial charge in [-0.15, -0.1) is 0 Å². The number of anilines is 1. The molecule has 0 spiro atoms. The first-order valence-corrected chi connectivity index (χ1v) is 11.0. The Labute approximate surface area is 185 Å². The lowest BCUT2D eigenvalue weighted by atomic mass is 10.1. The van der Waals surface area contributed by atoms with Crippen molar-refractivity contribution in [3.63, 3.8) is 0 Å². The van der Waals surface area contributed by atoms with Crippen molar-refractivity contribution in [3.8, 4) is 0 Å². The summed E-state index contributed by atoms with van der Waals surface area (Å²) < 4.78 is 33.3. The van der Waals surface area contributed by atoms with Crippen LogP contribution in [0.4, 0.5) is 11.4 Å². The van der Waals surface area contributed by atoms with Crippen molar-refractivity contribution in [2.45, 2.75) is 10.9 Å². The maximum atomic E-state index is 12.8. The van der Waals surface area contributed by atoms with Gasteiger partial charge in [0.05, 0.1) is 33.4 Å². The predicted molar refractivity (Wildman–Crippen MR) is 118 cm³/mol. The smallest absolute Gasteiger partial charge is 0.270 e. The SMILES string of the molecule is CN(C)C(CNC(=O)c1ccccc1NS(=O)(=O)c1cccc([N+](=O)[O-])c1)c1ccco1. The molecule has 32 heavy (non-hydrogen) atoms. The van der Waals surface area contributed by atoms with Gasteiger partial charge in [0, 0.05) is 18.7 Å². The van der Waals surface area contributed by atoms with Gasteiger partial charge in [-0.2, -0.15) is 0 Å². The van der Waals surface area contributed by atoms with E-state index in [1.54, 1.807) is 30.5 Å². The number of sulfonamides is 1. The maximum absolute atomic E-state index is 12.8. The lowest BCUT2D eigenvalue weighted by molar-refractivity contribution is -0.385. The Morgan fingerprint density at radius 3 is 2.53 bits per heavy atom. The molecule has 3 rings (SSSR count). The van der Waals surface area contributed by atoms with Crippen molar-refractivity contribution in [2.75, 3.05) is 25.4 Å². The number of nitro groups is 1. The standard InChI is InChI=1S/C21H22N4O6S/c1-24(2)19(20-11-6-12-31-20)14-22-21(26)17-9-3-4-10-18(17)23-32(29,30)16-8-5-7-15(13-16)25(27)28/h3-13,19,23H,14H2,1-2H3,(H,22,26). The summed E-state index contributed by atoms with van der Waals surface area (Å²) in [6, 6.07) is 14.1. The van der Waals surface area contributed by atoms with E-state index in [2.05, 4.69) is 10.0 Å². The van der Waals surface area contributed by atoms with Crippen molar-refractivity contribution < 1.29 is 22.6 Å². The number of likely N-dealkylation sites (N-methyl/N-ethyl adjacent to an activating group) is 1. The van der Waals surface area contributed by atoms with Gasteiger partial charge in [0.25, 0.3) is 21.6 Å². The zero-order valence-corrected chi connectivity index (χ0v) is 18.2. The van der Waals surface area contributed by atoms with E-state index in [4.69, 9.17) is 4.42 Å². The highest BCUT2D eigenvalue weighted by Gasteiger charge is 2.22. The Hall–Kier alpha value is -3.70. The minimum Gasteiger partial charge on any atom is -0.468 e. The molecule has 3 aromatic rings. The van der Waals surface area contributed by atoms with Crippen LogP contribution in [-0.2, 0) is 10.0 Å². The van der Waals surface area contributed by atoms with Crippen LogP contribution in [0.2, 0.25) is 0 Å². The second-order valence-electron chi connectivity index (χ2n) is 7.11. The largest absolute Gasteiger partial charge is 0.468 e. The van der Waals surface area contributed by atoms with Crippen molar-refractivity contribution in [2.24, 2.45) is 0 Å². The molecule has 10 nitrogen and oxygen atoms in total. The summed E-state index contributed by atoms with van der Waals surface area (Å²) in [7, 11) is -0.468. The van der Waals surface area contributed by atoms with Gasteiger partial charge in [0.1, 0.15) is 5.76 Å². The average Bonchev–Trinajstić information content (AvgIpc) is 3.28. The minimum atomic E-state index is -4.16. The highest BCUT2D eigenvalue weighted by Crippen LogP contribution is 2.23. The van der Waals surface area contributed by atoms with E-state index in [0.29, 0.717) is 5.76 Å². The summed E-state index contributed by atoms with van der Waals surface area (Å²) in [4.78, 5) is 24.7. The molecule has 0 fully saturated rings. The molecule has 168 valence electrons. The third kappa shape index (κ3) is 5.31. The van der Waals surface area contributed by atoms with Gasteiger partial charge in [0.15, 0.2) is 0 Å². The number of carbonyl (C=O) groups excluding carboxylic acids is 1. The number of para-hydroxylation sites is 1. The first-order chi connectivity index (χ1) is 15.2. The second kappa shape index (κ2) is 9.62. The van der Waals surface area contributed by atoms with E-state index in [0.717, 1.165) is 6.07 Å². The summed E-state index contributed by atoms with van der Waals surface area (Å²) in [6.45, 7) is 0.227. The minimum absolute atomic E-state index is 0.0518. The zero-order valence-electron chi connectivity index (χ0n) is 17.4. The molecule has 1 heterocycles. The number of furan rings is 1. The van der Waals surface area contributed by atoms with Gasteiger partial charge in [-0.25, -0.2) is 8.42 Å². The molecule has 1 atom stereocenters. The van der Waals surface area contributed by atoms with E-state index < -0.39 is 20.9 Å². The van der Waals surface area contributed by atoms with Crippen LogP contribution in [0.3, 0.4) is 0 Å². The molecular formula is C21H22N4O6S. The molecule has 2 aromatic carbocycles. The molecule has 2 N–H and O–H groups in total. The van der Waals surface area contributed by atoms with Crippen molar-refractivity contribution in [1.29, 1.82) is 0 Å². The summed E-state index contributed by atoms with van der Waals surface area (Å²) >= 11 is 0. The van der Waals surface area contributed by atoms with Crippen molar-refractivity contribution in [1.82, 2.24) is 10.2 Å². The lowest BCUT2D eigenvalue weighted by Crippen LogP contribution is -2.34. The van der Waals surface area contributed by atoms with Crippen LogP contribution in [-0.4, -0.2) is 44.8 Å². The molecule has 0 saturated carbocycles. The first kappa shape index (κ1) is 23.0. The summed E-state index contributed by atoms with van der Waals surface area (Å²) in [5.41, 5.74) is -0.194. The number of benzene rings is 2. The van der Waals surface area contributed by atoms with E-state index in [-0.39, 0.29) is 34.4 Å². The van der Waals surface area contributed by atoms with Gasteiger partial charge in [-0.05, 0) is 44.4 Å². The topological polar surface area (TPSA) is 135 Å². The molecule has 11 heteroatoms. The highest BCUT2D eigenvalue weighted by molar-refractivity contribution is 7.92. The van der Waals surface area contributed by atoms with Gasteiger partial charge >= 0.3 is 0 Å². The third-order valence-electron chi connectivity index (χ3n) is 4.71. The molecule has 1 aromatic heterocycles. The Morgan fingerprint density at radius 2 is 1.88 bits per heavy atom. The monoisotopic (exact) mass is 458 g/mol. The normalized spacial score (nSPS) is 12.3. The fourth-order valence-corrected chi connectivity index (χ4v) is 4.16. The summed E-state index contributed by atoms with van der Waals surface area (Å²) in [6.07, 6.45) is 1.55. The van der Waals surface area contributed by atoms with Crippen LogP contribution >= 0.6 is 0 Å². The predicted octanol–water partition coefficient (Wildman–Crippen LogP) is 3.02. The molecular weight excluding hydrogens is 436 g/mol. The number of nitrogens with zero attached hydrogens (tertiary/aromatic N) is 2.